The van der Waals surface area contributed by atoms with Gasteiger partial charge >= 0.3 is 0 Å². The minimum atomic E-state index is -0.0779. The van der Waals surface area contributed by atoms with Crippen LogP contribution in [-0.2, 0) is 6.54 Å². The molecule has 5 heteroatoms. The molecule has 1 aliphatic rings. The van der Waals surface area contributed by atoms with Gasteiger partial charge in [0.25, 0.3) is 0 Å². The van der Waals surface area contributed by atoms with Gasteiger partial charge < -0.3 is 20.1 Å². The van der Waals surface area contributed by atoms with Crippen molar-refractivity contribution < 1.29 is 10.2 Å². The molecule has 0 bridgehead atoms. The summed E-state index contributed by atoms with van der Waals surface area (Å²) in [7, 11) is 0. The number of hydrogen-bond acceptors (Lipinski definition) is 4. The molecule has 1 saturated carbocycles. The maximum atomic E-state index is 9.50. The first kappa shape index (κ1) is 13.0. The van der Waals surface area contributed by atoms with Crippen LogP contribution < -0.4 is 5.32 Å². The van der Waals surface area contributed by atoms with E-state index in [1.807, 2.05) is 24.8 Å². The quantitative estimate of drug-likeness (QED) is 0.747. The molecule has 1 fully saturated rings. The van der Waals surface area contributed by atoms with Crippen LogP contribution in [0, 0.1) is 0 Å². The van der Waals surface area contributed by atoms with E-state index in [9.17, 15) is 10.2 Å². The van der Waals surface area contributed by atoms with Gasteiger partial charge in [0.05, 0.1) is 6.33 Å². The van der Waals surface area contributed by atoms with Gasteiger partial charge in [0.1, 0.15) is 0 Å². The van der Waals surface area contributed by atoms with E-state index >= 15 is 0 Å². The van der Waals surface area contributed by atoms with Crippen LogP contribution in [0.3, 0.4) is 0 Å². The van der Waals surface area contributed by atoms with Gasteiger partial charge in [0, 0.05) is 31.0 Å². The number of benzene rings is 1. The third-order valence-electron chi connectivity index (χ3n) is 4.00. The maximum absolute atomic E-state index is 9.50. The lowest BCUT2D eigenvalue weighted by Gasteiger charge is -2.22. The van der Waals surface area contributed by atoms with Crippen molar-refractivity contribution in [3.63, 3.8) is 0 Å². The fourth-order valence-electron chi connectivity index (χ4n) is 2.93. The van der Waals surface area contributed by atoms with E-state index in [1.165, 1.54) is 12.5 Å². The number of aromatic hydroxyl groups is 2. The molecule has 2 unspecified atom stereocenters. The highest BCUT2D eigenvalue weighted by atomic mass is 16.3. The Labute approximate surface area is 117 Å². The summed E-state index contributed by atoms with van der Waals surface area (Å²) in [5, 5.41) is 22.4. The molecule has 0 saturated heterocycles. The summed E-state index contributed by atoms with van der Waals surface area (Å²) in [6, 6.07) is 5.81. The molecule has 0 radical (unpaired) electrons. The van der Waals surface area contributed by atoms with E-state index in [2.05, 4.69) is 14.9 Å². The molecule has 1 aromatic heterocycles. The number of phenolic OH excluding ortho intramolecular Hbond substituents is 2. The monoisotopic (exact) mass is 273 g/mol. The van der Waals surface area contributed by atoms with E-state index < -0.39 is 0 Å². The largest absolute Gasteiger partial charge is 0.504 e. The average Bonchev–Trinajstić information content (AvgIpc) is 3.09. The van der Waals surface area contributed by atoms with Crippen molar-refractivity contribution in [1.29, 1.82) is 0 Å². The molecule has 0 amide bonds. The van der Waals surface area contributed by atoms with Crippen LogP contribution in [-0.4, -0.2) is 25.8 Å². The van der Waals surface area contributed by atoms with Gasteiger partial charge in [-0.15, -0.1) is 0 Å². The van der Waals surface area contributed by atoms with Crippen molar-refractivity contribution in [3.05, 3.63) is 42.5 Å². The number of hydrogen-bond donors (Lipinski definition) is 3. The van der Waals surface area contributed by atoms with Crippen LogP contribution in [0.15, 0.2) is 36.9 Å². The average molecular weight is 273 g/mol. The Morgan fingerprint density at radius 1 is 1.25 bits per heavy atom. The molecule has 1 aromatic carbocycles. The fraction of sp³-hybridized carbons (Fsp3) is 0.400. The Morgan fingerprint density at radius 2 is 2.15 bits per heavy atom. The molecule has 0 spiro atoms. The Kier molecular flexibility index (Phi) is 3.60. The lowest BCUT2D eigenvalue weighted by molar-refractivity contribution is 0.387. The van der Waals surface area contributed by atoms with Crippen molar-refractivity contribution in [1.82, 2.24) is 14.9 Å². The molecule has 2 aromatic rings. The summed E-state index contributed by atoms with van der Waals surface area (Å²) in [5.74, 6) is -0.146. The molecule has 20 heavy (non-hydrogen) atoms. The van der Waals surface area contributed by atoms with Crippen molar-refractivity contribution in [3.8, 4) is 11.5 Å². The number of imidazole rings is 1. The zero-order valence-electron chi connectivity index (χ0n) is 11.2. The zero-order chi connectivity index (χ0) is 13.9. The van der Waals surface area contributed by atoms with Crippen LogP contribution >= 0.6 is 0 Å². The van der Waals surface area contributed by atoms with Gasteiger partial charge in [0.2, 0.25) is 0 Å². The predicted octanol–water partition coefficient (Wildman–Crippen LogP) is 2.18. The maximum Gasteiger partial charge on any atom is 0.157 e. The van der Waals surface area contributed by atoms with E-state index in [4.69, 9.17) is 0 Å². The van der Waals surface area contributed by atoms with Crippen molar-refractivity contribution >= 4 is 0 Å². The van der Waals surface area contributed by atoms with Gasteiger partial charge in [0.15, 0.2) is 11.5 Å². The summed E-state index contributed by atoms with van der Waals surface area (Å²) in [5.41, 5.74) is 0.969. The number of phenols is 2. The summed E-state index contributed by atoms with van der Waals surface area (Å²) in [4.78, 5) is 4.12. The van der Waals surface area contributed by atoms with Crippen LogP contribution in [0.1, 0.15) is 30.9 Å². The van der Waals surface area contributed by atoms with Gasteiger partial charge in [-0.2, -0.15) is 0 Å². The van der Waals surface area contributed by atoms with Crippen molar-refractivity contribution in [2.24, 2.45) is 0 Å². The minimum Gasteiger partial charge on any atom is -0.504 e. The zero-order valence-corrected chi connectivity index (χ0v) is 11.2. The molecule has 0 aliphatic heterocycles. The van der Waals surface area contributed by atoms with Crippen LogP contribution in [0.4, 0.5) is 0 Å². The SMILES string of the molecule is Oc1ccc(CNC2CCCC2n2ccnc2)cc1O. The van der Waals surface area contributed by atoms with Crippen molar-refractivity contribution in [2.45, 2.75) is 37.9 Å². The van der Waals surface area contributed by atoms with Crippen LogP contribution in [0.25, 0.3) is 0 Å². The minimum absolute atomic E-state index is 0.0677. The second-order valence-corrected chi connectivity index (χ2v) is 5.32. The summed E-state index contributed by atoms with van der Waals surface area (Å²) in [6.45, 7) is 0.684. The summed E-state index contributed by atoms with van der Waals surface area (Å²) < 4.78 is 2.17. The third-order valence-corrected chi connectivity index (χ3v) is 4.00. The van der Waals surface area contributed by atoms with E-state index in [1.54, 1.807) is 6.07 Å². The number of rotatable bonds is 4. The first-order valence-electron chi connectivity index (χ1n) is 6.96. The number of nitrogens with zero attached hydrogens (tertiary/aromatic N) is 2. The summed E-state index contributed by atoms with van der Waals surface area (Å²) in [6.07, 6.45) is 9.21. The molecule has 1 aliphatic carbocycles. The Morgan fingerprint density at radius 3 is 2.90 bits per heavy atom. The molecule has 3 rings (SSSR count). The molecule has 3 N–H and O–H groups in total. The fourth-order valence-corrected chi connectivity index (χ4v) is 2.93. The molecule has 1 heterocycles. The molecule has 5 nitrogen and oxygen atoms in total. The summed E-state index contributed by atoms with van der Waals surface area (Å²) >= 11 is 0. The topological polar surface area (TPSA) is 70.3 Å². The van der Waals surface area contributed by atoms with Gasteiger partial charge in [-0.25, -0.2) is 4.98 Å². The van der Waals surface area contributed by atoms with Gasteiger partial charge in [-0.3, -0.25) is 0 Å². The second kappa shape index (κ2) is 5.54. The third kappa shape index (κ3) is 2.63. The predicted molar refractivity (Wildman–Crippen MR) is 75.5 cm³/mol. The number of nitrogens with one attached hydrogen (secondary N) is 1. The highest BCUT2D eigenvalue weighted by molar-refractivity contribution is 5.40. The van der Waals surface area contributed by atoms with Gasteiger partial charge in [-0.1, -0.05) is 6.07 Å². The van der Waals surface area contributed by atoms with E-state index in [0.717, 1.165) is 18.4 Å². The molecule has 2 atom stereocenters. The first-order chi connectivity index (χ1) is 9.74. The molecule has 106 valence electrons. The lowest BCUT2D eigenvalue weighted by atomic mass is 10.1. The standard InChI is InChI=1S/C15H19N3O2/c19-14-5-4-11(8-15(14)20)9-17-12-2-1-3-13(12)18-7-6-16-10-18/h4-8,10,12-13,17,19-20H,1-3,9H2. The van der Waals surface area contributed by atoms with Crippen LogP contribution in [0.2, 0.25) is 0 Å². The first-order valence-corrected chi connectivity index (χ1v) is 6.96. The smallest absolute Gasteiger partial charge is 0.157 e. The highest BCUT2D eigenvalue weighted by Gasteiger charge is 2.27. The number of aromatic nitrogens is 2. The molecular weight excluding hydrogens is 254 g/mol. The Hall–Kier alpha value is -2.01. The van der Waals surface area contributed by atoms with E-state index in [-0.39, 0.29) is 11.5 Å². The Bertz CT molecular complexity index is 569. The van der Waals surface area contributed by atoms with E-state index in [0.29, 0.717) is 18.6 Å². The van der Waals surface area contributed by atoms with Gasteiger partial charge in [-0.05, 0) is 37.0 Å². The van der Waals surface area contributed by atoms with Crippen LogP contribution in [0.5, 0.6) is 11.5 Å². The normalized spacial score (nSPS) is 22.2. The lowest BCUT2D eigenvalue weighted by Crippen LogP contribution is -2.33. The second-order valence-electron chi connectivity index (χ2n) is 5.32. The highest BCUT2D eigenvalue weighted by Crippen LogP contribution is 2.30. The molecular formula is C15H19N3O2. The Balaban J connectivity index is 1.64. The van der Waals surface area contributed by atoms with Crippen molar-refractivity contribution in [2.75, 3.05) is 0 Å².